The Morgan fingerprint density at radius 2 is 1.76 bits per heavy atom. The van der Waals surface area contributed by atoms with Gasteiger partial charge in [-0.25, -0.2) is 0 Å². The van der Waals surface area contributed by atoms with Crippen LogP contribution in [0.3, 0.4) is 0 Å². The van der Waals surface area contributed by atoms with Crippen molar-refractivity contribution < 1.29 is 0 Å². The molecule has 0 aliphatic heterocycles. The maximum atomic E-state index is 9.28. The molecule has 1 N–H and O–H groups in total. The van der Waals surface area contributed by atoms with E-state index in [1.807, 2.05) is 6.92 Å². The second kappa shape index (κ2) is 8.49. The lowest BCUT2D eigenvalue weighted by molar-refractivity contribution is 0.177. The average Bonchev–Trinajstić information content (AvgIpc) is 2.29. The molecule has 2 unspecified atom stereocenters. The highest BCUT2D eigenvalue weighted by Gasteiger charge is 2.27. The Morgan fingerprint density at radius 3 is 2.12 bits per heavy atom. The van der Waals surface area contributed by atoms with E-state index in [9.17, 15) is 5.26 Å². The lowest BCUT2D eigenvalue weighted by Gasteiger charge is -2.33. The topological polar surface area (TPSA) is 39.1 Å². The van der Waals surface area contributed by atoms with Crippen LogP contribution in [0, 0.1) is 11.3 Å². The van der Waals surface area contributed by atoms with Crippen LogP contribution < -0.4 is 5.32 Å². The van der Waals surface area contributed by atoms with Gasteiger partial charge >= 0.3 is 0 Å². The molecule has 3 heteroatoms. The maximum absolute atomic E-state index is 9.28. The van der Waals surface area contributed by atoms with Gasteiger partial charge in [0.2, 0.25) is 0 Å². The smallest absolute Gasteiger partial charge is 0.105 e. The van der Waals surface area contributed by atoms with Crippen molar-refractivity contribution in [1.82, 2.24) is 10.2 Å². The quantitative estimate of drug-likeness (QED) is 0.672. The molecule has 2 atom stereocenters. The van der Waals surface area contributed by atoms with Gasteiger partial charge in [0.25, 0.3) is 0 Å². The van der Waals surface area contributed by atoms with Crippen LogP contribution in [0.1, 0.15) is 53.9 Å². The first-order chi connectivity index (χ1) is 8.02. The Bertz CT molecular complexity index is 228. The molecule has 0 fully saturated rings. The predicted octanol–water partition coefficient (Wildman–Crippen LogP) is 2.78. The van der Waals surface area contributed by atoms with Crippen LogP contribution in [0.2, 0.25) is 0 Å². The molecular weight excluding hydrogens is 210 g/mol. The van der Waals surface area contributed by atoms with Crippen molar-refractivity contribution in [3.8, 4) is 6.07 Å². The van der Waals surface area contributed by atoms with Gasteiger partial charge in [-0.1, -0.05) is 20.8 Å². The summed E-state index contributed by atoms with van der Waals surface area (Å²) in [4.78, 5) is 2.49. The minimum atomic E-state index is -0.395. The number of rotatable bonds is 9. The fraction of sp³-hybridized carbons (Fsp3) is 0.929. The molecule has 0 aromatic carbocycles. The van der Waals surface area contributed by atoms with Crippen molar-refractivity contribution in [2.45, 2.75) is 65.5 Å². The number of nitrogens with one attached hydrogen (secondary N) is 1. The summed E-state index contributed by atoms with van der Waals surface area (Å²) < 4.78 is 0. The summed E-state index contributed by atoms with van der Waals surface area (Å²) in [5.74, 6) is 0. The number of nitrogens with zero attached hydrogens (tertiary/aromatic N) is 2. The summed E-state index contributed by atoms with van der Waals surface area (Å²) in [5.41, 5.74) is -0.395. The molecule has 0 spiro atoms. The molecule has 0 saturated heterocycles. The fourth-order valence-electron chi connectivity index (χ4n) is 2.39. The highest BCUT2D eigenvalue weighted by atomic mass is 15.2. The lowest BCUT2D eigenvalue weighted by Crippen LogP contribution is -2.47. The van der Waals surface area contributed by atoms with Crippen molar-refractivity contribution in [2.24, 2.45) is 0 Å². The van der Waals surface area contributed by atoms with Crippen molar-refractivity contribution >= 4 is 0 Å². The van der Waals surface area contributed by atoms with E-state index >= 15 is 0 Å². The van der Waals surface area contributed by atoms with Gasteiger partial charge in [-0.2, -0.15) is 5.26 Å². The molecular formula is C14H29N3. The van der Waals surface area contributed by atoms with Crippen LogP contribution in [-0.4, -0.2) is 36.1 Å². The van der Waals surface area contributed by atoms with E-state index in [1.165, 1.54) is 12.8 Å². The number of hydrogen-bond acceptors (Lipinski definition) is 3. The summed E-state index contributed by atoms with van der Waals surface area (Å²) >= 11 is 0. The monoisotopic (exact) mass is 239 g/mol. The minimum Gasteiger partial charge on any atom is -0.301 e. The van der Waals surface area contributed by atoms with Crippen LogP contribution in [-0.2, 0) is 0 Å². The number of nitriles is 1. The second-order valence-electron chi connectivity index (χ2n) is 5.06. The van der Waals surface area contributed by atoms with E-state index in [-0.39, 0.29) is 0 Å². The highest BCUT2D eigenvalue weighted by Crippen LogP contribution is 2.16. The zero-order chi connectivity index (χ0) is 13.3. The zero-order valence-electron chi connectivity index (χ0n) is 12.2. The van der Waals surface area contributed by atoms with E-state index in [0.717, 1.165) is 26.1 Å². The molecule has 3 nitrogen and oxygen atoms in total. The molecule has 0 bridgehead atoms. The molecule has 0 aliphatic carbocycles. The summed E-state index contributed by atoms with van der Waals surface area (Å²) in [6.07, 6.45) is 3.24. The third kappa shape index (κ3) is 6.05. The first kappa shape index (κ1) is 16.4. The van der Waals surface area contributed by atoms with Crippen molar-refractivity contribution in [3.05, 3.63) is 0 Å². The van der Waals surface area contributed by atoms with E-state index < -0.39 is 5.54 Å². The SMILES string of the molecule is CCCN(CCC)C(C)CC(C)(C#N)NCC. The second-order valence-corrected chi connectivity index (χ2v) is 5.06. The molecule has 0 radical (unpaired) electrons. The van der Waals surface area contributed by atoms with Gasteiger partial charge in [0.15, 0.2) is 0 Å². The molecule has 0 saturated carbocycles. The Labute approximate surface area is 107 Å². The molecule has 0 aromatic rings. The standard InChI is InChI=1S/C14H29N3/c1-6-9-17(10-7-2)13(4)11-14(5,12-15)16-8-3/h13,16H,6-11H2,1-5H3. The Hall–Kier alpha value is -0.590. The Kier molecular flexibility index (Phi) is 8.20. The van der Waals surface area contributed by atoms with Gasteiger partial charge in [0.05, 0.1) is 6.07 Å². The van der Waals surface area contributed by atoms with Gasteiger partial charge in [0.1, 0.15) is 5.54 Å². The fourth-order valence-corrected chi connectivity index (χ4v) is 2.39. The lowest BCUT2D eigenvalue weighted by atomic mass is 9.94. The number of hydrogen-bond donors (Lipinski definition) is 1. The maximum Gasteiger partial charge on any atom is 0.105 e. The molecule has 0 aliphatic rings. The van der Waals surface area contributed by atoms with Crippen LogP contribution >= 0.6 is 0 Å². The summed E-state index contributed by atoms with van der Waals surface area (Å²) in [5, 5.41) is 12.6. The first-order valence-electron chi connectivity index (χ1n) is 6.93. The van der Waals surface area contributed by atoms with Crippen LogP contribution in [0.5, 0.6) is 0 Å². The van der Waals surface area contributed by atoms with Crippen molar-refractivity contribution in [3.63, 3.8) is 0 Å². The average molecular weight is 239 g/mol. The molecule has 0 amide bonds. The Balaban J connectivity index is 4.45. The third-order valence-corrected chi connectivity index (χ3v) is 3.16. The van der Waals surface area contributed by atoms with Crippen LogP contribution in [0.4, 0.5) is 0 Å². The van der Waals surface area contributed by atoms with Crippen molar-refractivity contribution in [1.29, 1.82) is 5.26 Å². The summed E-state index contributed by atoms with van der Waals surface area (Å²) in [7, 11) is 0. The first-order valence-corrected chi connectivity index (χ1v) is 6.93. The normalized spacial score (nSPS) is 16.5. The highest BCUT2D eigenvalue weighted by molar-refractivity contribution is 5.05. The summed E-state index contributed by atoms with van der Waals surface area (Å²) in [6, 6.07) is 2.87. The minimum absolute atomic E-state index is 0.395. The van der Waals surface area contributed by atoms with Gasteiger partial charge in [-0.3, -0.25) is 5.32 Å². The van der Waals surface area contributed by atoms with Gasteiger partial charge in [0, 0.05) is 6.04 Å². The van der Waals surface area contributed by atoms with Gasteiger partial charge in [-0.05, 0) is 52.7 Å². The zero-order valence-corrected chi connectivity index (χ0v) is 12.2. The molecule has 17 heavy (non-hydrogen) atoms. The van der Waals surface area contributed by atoms with E-state index in [4.69, 9.17) is 0 Å². The largest absolute Gasteiger partial charge is 0.301 e. The molecule has 0 heterocycles. The molecule has 0 aromatic heterocycles. The third-order valence-electron chi connectivity index (χ3n) is 3.16. The summed E-state index contributed by atoms with van der Waals surface area (Å²) in [6.45, 7) is 13.8. The molecule has 0 rings (SSSR count). The van der Waals surface area contributed by atoms with Crippen molar-refractivity contribution in [2.75, 3.05) is 19.6 Å². The predicted molar refractivity (Wildman–Crippen MR) is 73.9 cm³/mol. The van der Waals surface area contributed by atoms with E-state index in [1.54, 1.807) is 0 Å². The molecule has 100 valence electrons. The van der Waals surface area contributed by atoms with Gasteiger partial charge < -0.3 is 4.90 Å². The Morgan fingerprint density at radius 1 is 1.24 bits per heavy atom. The van der Waals surface area contributed by atoms with E-state index in [0.29, 0.717) is 6.04 Å². The van der Waals surface area contributed by atoms with Gasteiger partial charge in [-0.15, -0.1) is 0 Å². The van der Waals surface area contributed by atoms with Crippen LogP contribution in [0.15, 0.2) is 0 Å². The van der Waals surface area contributed by atoms with Crippen LogP contribution in [0.25, 0.3) is 0 Å². The van der Waals surface area contributed by atoms with E-state index in [2.05, 4.69) is 44.0 Å².